The molecule has 1 unspecified atom stereocenters. The summed E-state index contributed by atoms with van der Waals surface area (Å²) in [7, 11) is 3.33. The lowest BCUT2D eigenvalue weighted by Crippen LogP contribution is -2.49. The van der Waals surface area contributed by atoms with Gasteiger partial charge in [-0.3, -0.25) is 14.6 Å². The molecule has 0 bridgehead atoms. The maximum absolute atomic E-state index is 12.2. The molecule has 0 saturated carbocycles. The molecule has 0 aromatic carbocycles. The summed E-state index contributed by atoms with van der Waals surface area (Å²) in [6.45, 7) is 11.7. The summed E-state index contributed by atoms with van der Waals surface area (Å²) in [6, 6.07) is 0. The minimum Gasteiger partial charge on any atom is -0.383 e. The fraction of sp³-hybridized carbons (Fsp3) is 0.941. The highest BCUT2D eigenvalue weighted by Gasteiger charge is 2.21. The first-order chi connectivity index (χ1) is 11.5. The van der Waals surface area contributed by atoms with Crippen molar-refractivity contribution in [3.05, 3.63) is 0 Å². The third-order valence-corrected chi connectivity index (χ3v) is 3.96. The van der Waals surface area contributed by atoms with Crippen molar-refractivity contribution in [3.8, 4) is 0 Å². The average molecular weight is 345 g/mol. The molecule has 0 spiro atoms. The molecule has 7 heteroatoms. The zero-order valence-electron chi connectivity index (χ0n) is 15.8. The zero-order chi connectivity index (χ0) is 17.8. The fourth-order valence-electron chi connectivity index (χ4n) is 2.78. The predicted octanol–water partition coefficient (Wildman–Crippen LogP) is 0.0542. The van der Waals surface area contributed by atoms with Gasteiger partial charge in [0.1, 0.15) is 0 Å². The van der Waals surface area contributed by atoms with E-state index < -0.39 is 0 Å². The Labute approximate surface area is 146 Å². The molecule has 0 aliphatic carbocycles. The molecule has 1 rings (SSSR count). The maximum atomic E-state index is 12.2. The number of nitrogens with zero attached hydrogens (tertiary/aromatic N) is 2. The molecule has 1 heterocycles. The number of rotatable bonds is 12. The lowest BCUT2D eigenvalue weighted by Gasteiger charge is -2.34. The zero-order valence-corrected chi connectivity index (χ0v) is 15.8. The minimum atomic E-state index is 0.0202. The molecule has 1 saturated heterocycles. The Bertz CT molecular complexity index is 334. The van der Waals surface area contributed by atoms with Crippen molar-refractivity contribution in [2.24, 2.45) is 5.92 Å². The van der Waals surface area contributed by atoms with Gasteiger partial charge in [-0.2, -0.15) is 0 Å². The number of nitrogens with one attached hydrogen (secondary N) is 1. The smallest absolute Gasteiger partial charge is 0.234 e. The summed E-state index contributed by atoms with van der Waals surface area (Å²) < 4.78 is 16.0. The molecule has 7 nitrogen and oxygen atoms in total. The van der Waals surface area contributed by atoms with E-state index in [2.05, 4.69) is 24.1 Å². The highest BCUT2D eigenvalue weighted by atomic mass is 16.5. The Morgan fingerprint density at radius 1 is 1.29 bits per heavy atom. The number of hydrogen-bond donors (Lipinski definition) is 1. The van der Waals surface area contributed by atoms with E-state index in [0.717, 1.165) is 39.3 Å². The van der Waals surface area contributed by atoms with Gasteiger partial charge in [0, 0.05) is 53.5 Å². The molecule has 1 amide bonds. The Kier molecular flexibility index (Phi) is 11.2. The third-order valence-electron chi connectivity index (χ3n) is 3.96. The Hall–Kier alpha value is -0.730. The number of carbonyl (C=O) groups excluding carboxylic acids is 1. The van der Waals surface area contributed by atoms with Gasteiger partial charge >= 0.3 is 0 Å². The van der Waals surface area contributed by atoms with Crippen LogP contribution in [0.2, 0.25) is 0 Å². The second-order valence-corrected chi connectivity index (χ2v) is 6.71. The van der Waals surface area contributed by atoms with Gasteiger partial charge in [-0.05, 0) is 5.92 Å². The number of ether oxygens (including phenoxy) is 3. The van der Waals surface area contributed by atoms with Gasteiger partial charge in [0.15, 0.2) is 0 Å². The van der Waals surface area contributed by atoms with E-state index >= 15 is 0 Å². The van der Waals surface area contributed by atoms with Crippen molar-refractivity contribution in [1.82, 2.24) is 15.1 Å². The fourth-order valence-corrected chi connectivity index (χ4v) is 2.78. The van der Waals surface area contributed by atoms with Crippen molar-refractivity contribution < 1.29 is 19.0 Å². The van der Waals surface area contributed by atoms with Crippen molar-refractivity contribution in [1.29, 1.82) is 0 Å². The second-order valence-electron chi connectivity index (χ2n) is 6.71. The summed E-state index contributed by atoms with van der Waals surface area (Å²) in [4.78, 5) is 16.6. The van der Waals surface area contributed by atoms with Crippen LogP contribution in [0.1, 0.15) is 13.8 Å². The average Bonchev–Trinajstić information content (AvgIpc) is 2.55. The van der Waals surface area contributed by atoms with Gasteiger partial charge < -0.3 is 19.5 Å². The van der Waals surface area contributed by atoms with Crippen LogP contribution >= 0.6 is 0 Å². The van der Waals surface area contributed by atoms with Gasteiger partial charge in [0.2, 0.25) is 5.91 Å². The molecule has 1 N–H and O–H groups in total. The highest BCUT2D eigenvalue weighted by Crippen LogP contribution is 2.07. The number of hydrogen-bond acceptors (Lipinski definition) is 6. The lowest BCUT2D eigenvalue weighted by molar-refractivity contribution is -0.123. The van der Waals surface area contributed by atoms with Crippen LogP contribution in [0.5, 0.6) is 0 Å². The van der Waals surface area contributed by atoms with Gasteiger partial charge in [0.05, 0.1) is 32.5 Å². The molecule has 0 aromatic rings. The molecular weight excluding hydrogens is 310 g/mol. The van der Waals surface area contributed by atoms with E-state index in [4.69, 9.17) is 14.2 Å². The predicted molar refractivity (Wildman–Crippen MR) is 94.2 cm³/mol. The number of amides is 1. The Morgan fingerprint density at radius 2 is 1.96 bits per heavy atom. The monoisotopic (exact) mass is 345 g/mol. The van der Waals surface area contributed by atoms with Gasteiger partial charge in [0.25, 0.3) is 0 Å². The normalized spacial score (nSPS) is 19.2. The molecule has 1 aliphatic heterocycles. The molecular formula is C17H35N3O4. The van der Waals surface area contributed by atoms with Crippen LogP contribution in [0.4, 0.5) is 0 Å². The van der Waals surface area contributed by atoms with E-state index in [-0.39, 0.29) is 12.0 Å². The molecule has 1 fully saturated rings. The van der Waals surface area contributed by atoms with Crippen molar-refractivity contribution in [2.45, 2.75) is 20.0 Å². The summed E-state index contributed by atoms with van der Waals surface area (Å²) >= 11 is 0. The highest BCUT2D eigenvalue weighted by molar-refractivity contribution is 5.78. The molecule has 0 radical (unpaired) electrons. The number of carbonyl (C=O) groups is 1. The molecule has 1 aliphatic rings. The van der Waals surface area contributed by atoms with Crippen LogP contribution in [0, 0.1) is 5.92 Å². The first-order valence-corrected chi connectivity index (χ1v) is 8.86. The molecule has 24 heavy (non-hydrogen) atoms. The molecule has 0 aromatic heterocycles. The summed E-state index contributed by atoms with van der Waals surface area (Å²) in [5.74, 6) is 0.667. The van der Waals surface area contributed by atoms with E-state index in [1.807, 2.05) is 4.90 Å². The number of methoxy groups -OCH3 is 2. The summed E-state index contributed by atoms with van der Waals surface area (Å²) in [5.41, 5.74) is 0. The first kappa shape index (κ1) is 21.3. The van der Waals surface area contributed by atoms with Crippen LogP contribution in [0.3, 0.4) is 0 Å². The van der Waals surface area contributed by atoms with Crippen LogP contribution in [0.25, 0.3) is 0 Å². The summed E-state index contributed by atoms with van der Waals surface area (Å²) in [5, 5.41) is 3.00. The quantitative estimate of drug-likeness (QED) is 0.539. The van der Waals surface area contributed by atoms with Crippen LogP contribution in [-0.4, -0.2) is 102 Å². The largest absolute Gasteiger partial charge is 0.383 e. The Balaban J connectivity index is 2.29. The first-order valence-electron chi connectivity index (χ1n) is 8.86. The lowest BCUT2D eigenvalue weighted by atomic mass is 10.2. The van der Waals surface area contributed by atoms with Crippen molar-refractivity contribution >= 4 is 5.91 Å². The third kappa shape index (κ3) is 9.54. The number of morpholine rings is 1. The topological polar surface area (TPSA) is 63.3 Å². The van der Waals surface area contributed by atoms with Gasteiger partial charge in [-0.25, -0.2) is 0 Å². The van der Waals surface area contributed by atoms with E-state index in [0.29, 0.717) is 32.2 Å². The van der Waals surface area contributed by atoms with Crippen molar-refractivity contribution in [2.75, 3.05) is 79.9 Å². The van der Waals surface area contributed by atoms with E-state index in [9.17, 15) is 4.79 Å². The Morgan fingerprint density at radius 3 is 2.54 bits per heavy atom. The van der Waals surface area contributed by atoms with Gasteiger partial charge in [-0.15, -0.1) is 0 Å². The van der Waals surface area contributed by atoms with Crippen molar-refractivity contribution in [3.63, 3.8) is 0 Å². The van der Waals surface area contributed by atoms with E-state index in [1.54, 1.807) is 14.2 Å². The van der Waals surface area contributed by atoms with Crippen LogP contribution in [-0.2, 0) is 19.0 Å². The summed E-state index contributed by atoms with van der Waals surface area (Å²) in [6.07, 6.45) is 0.0767. The van der Waals surface area contributed by atoms with Gasteiger partial charge in [-0.1, -0.05) is 13.8 Å². The molecule has 1 atom stereocenters. The standard InChI is InChI=1S/C17H35N3O4/c1-15(2)12-20-7-10-24-16(13-20)11-18-17(21)14-19(5-8-22-3)6-9-23-4/h15-16H,5-14H2,1-4H3,(H,18,21). The van der Waals surface area contributed by atoms with Crippen LogP contribution < -0.4 is 5.32 Å². The molecule has 142 valence electrons. The second kappa shape index (κ2) is 12.6. The van der Waals surface area contributed by atoms with E-state index in [1.165, 1.54) is 0 Å². The maximum Gasteiger partial charge on any atom is 0.234 e. The minimum absolute atomic E-state index is 0.0202. The van der Waals surface area contributed by atoms with Crippen LogP contribution in [0.15, 0.2) is 0 Å². The SMILES string of the molecule is COCCN(CCOC)CC(=O)NCC1CN(CC(C)C)CCO1.